The largest absolute Gasteiger partial charge is 0.368 e. The van der Waals surface area contributed by atoms with E-state index in [1.54, 1.807) is 10.7 Å². The molecule has 0 bridgehead atoms. The molecule has 2 aromatic heterocycles. The van der Waals surface area contributed by atoms with Gasteiger partial charge < -0.3 is 10.6 Å². The fourth-order valence-corrected chi connectivity index (χ4v) is 2.85. The van der Waals surface area contributed by atoms with E-state index in [1.807, 2.05) is 42.5 Å². The molecule has 1 saturated heterocycles. The van der Waals surface area contributed by atoms with Gasteiger partial charge >= 0.3 is 0 Å². The Bertz CT molecular complexity index is 843. The predicted molar refractivity (Wildman–Crippen MR) is 88.1 cm³/mol. The minimum absolute atomic E-state index is 0.126. The van der Waals surface area contributed by atoms with Gasteiger partial charge in [-0.3, -0.25) is 4.79 Å². The first-order chi connectivity index (χ1) is 11.3. The molecule has 3 heterocycles. The van der Waals surface area contributed by atoms with Crippen molar-refractivity contribution in [3.8, 4) is 11.3 Å². The van der Waals surface area contributed by atoms with E-state index >= 15 is 0 Å². The summed E-state index contributed by atoms with van der Waals surface area (Å²) in [6.45, 7) is 0.680. The summed E-state index contributed by atoms with van der Waals surface area (Å²) in [5.41, 5.74) is 2.76. The quantitative estimate of drug-likeness (QED) is 0.774. The van der Waals surface area contributed by atoms with Crippen molar-refractivity contribution in [2.24, 2.45) is 0 Å². The highest BCUT2D eigenvalue weighted by Gasteiger charge is 2.20. The van der Waals surface area contributed by atoms with E-state index in [2.05, 4.69) is 20.7 Å². The molecule has 2 N–H and O–H groups in total. The van der Waals surface area contributed by atoms with E-state index in [0.717, 1.165) is 29.1 Å². The van der Waals surface area contributed by atoms with Crippen molar-refractivity contribution in [1.29, 1.82) is 0 Å². The number of hydrogen-bond acceptors (Lipinski definition) is 4. The van der Waals surface area contributed by atoms with Crippen LogP contribution in [0.5, 0.6) is 0 Å². The van der Waals surface area contributed by atoms with Gasteiger partial charge in [-0.15, -0.1) is 0 Å². The summed E-state index contributed by atoms with van der Waals surface area (Å²) in [6.07, 6.45) is 3.21. The van der Waals surface area contributed by atoms with Gasteiger partial charge in [0.25, 0.3) is 0 Å². The standard InChI is InChI=1S/C17H17N5O/c23-17-7-6-13(20-17)11-18-16-10-14(12-4-2-1-3-5-12)21-15-8-9-19-22(15)16/h1-5,8-10,13,18H,6-7,11H2,(H,20,23)/t13-/m0/s1. The molecule has 1 aliphatic heterocycles. The molecule has 0 spiro atoms. The van der Waals surface area contributed by atoms with Crippen LogP contribution in [0.4, 0.5) is 5.82 Å². The lowest BCUT2D eigenvalue weighted by Crippen LogP contribution is -2.32. The van der Waals surface area contributed by atoms with Crippen LogP contribution in [0, 0.1) is 0 Å². The lowest BCUT2D eigenvalue weighted by molar-refractivity contribution is -0.119. The Morgan fingerprint density at radius 1 is 1.26 bits per heavy atom. The first-order valence-electron chi connectivity index (χ1n) is 7.73. The van der Waals surface area contributed by atoms with Crippen molar-refractivity contribution in [2.75, 3.05) is 11.9 Å². The molecule has 0 saturated carbocycles. The Labute approximate surface area is 133 Å². The van der Waals surface area contributed by atoms with E-state index < -0.39 is 0 Å². The van der Waals surface area contributed by atoms with Crippen LogP contribution in [-0.4, -0.2) is 33.1 Å². The highest BCUT2D eigenvalue weighted by Crippen LogP contribution is 2.22. The van der Waals surface area contributed by atoms with Gasteiger partial charge in [0.15, 0.2) is 5.65 Å². The van der Waals surface area contributed by atoms with E-state index in [1.165, 1.54) is 0 Å². The highest BCUT2D eigenvalue weighted by molar-refractivity contribution is 5.78. The topological polar surface area (TPSA) is 71.3 Å². The second-order valence-electron chi connectivity index (χ2n) is 5.68. The molecule has 4 rings (SSSR count). The number of nitrogens with zero attached hydrogens (tertiary/aromatic N) is 3. The molecule has 1 fully saturated rings. The normalized spacial score (nSPS) is 17.4. The van der Waals surface area contributed by atoms with Crippen LogP contribution >= 0.6 is 0 Å². The maximum absolute atomic E-state index is 11.3. The number of rotatable bonds is 4. The summed E-state index contributed by atoms with van der Waals surface area (Å²) < 4.78 is 1.78. The fraction of sp³-hybridized carbons (Fsp3) is 0.235. The third-order valence-electron chi connectivity index (χ3n) is 4.04. The molecule has 0 unspecified atom stereocenters. The summed E-state index contributed by atoms with van der Waals surface area (Å²) in [7, 11) is 0. The number of nitrogens with one attached hydrogen (secondary N) is 2. The zero-order chi connectivity index (χ0) is 15.6. The van der Waals surface area contributed by atoms with Gasteiger partial charge in [0.2, 0.25) is 5.91 Å². The minimum atomic E-state index is 0.126. The molecule has 6 nitrogen and oxygen atoms in total. The zero-order valence-corrected chi connectivity index (χ0v) is 12.6. The second kappa shape index (κ2) is 5.72. The average molecular weight is 307 g/mol. The summed E-state index contributed by atoms with van der Waals surface area (Å²) in [5.74, 6) is 1.00. The number of amides is 1. The van der Waals surface area contributed by atoms with Crippen LogP contribution in [0.1, 0.15) is 12.8 Å². The van der Waals surface area contributed by atoms with Gasteiger partial charge in [-0.05, 0) is 6.42 Å². The Kier molecular flexibility index (Phi) is 3.42. The molecule has 0 aliphatic carbocycles. The van der Waals surface area contributed by atoms with Gasteiger partial charge in [0, 0.05) is 36.7 Å². The molecule has 1 atom stereocenters. The molecule has 0 radical (unpaired) electrons. The number of benzene rings is 1. The van der Waals surface area contributed by atoms with Gasteiger partial charge in [0.05, 0.1) is 11.9 Å². The third-order valence-corrected chi connectivity index (χ3v) is 4.04. The molecule has 3 aromatic rings. The maximum atomic E-state index is 11.3. The summed E-state index contributed by atoms with van der Waals surface area (Å²) >= 11 is 0. The van der Waals surface area contributed by atoms with Crippen molar-refractivity contribution in [3.05, 3.63) is 48.7 Å². The lowest BCUT2D eigenvalue weighted by Gasteiger charge is -2.14. The molecular formula is C17H17N5O. The zero-order valence-electron chi connectivity index (χ0n) is 12.6. The van der Waals surface area contributed by atoms with Crippen LogP contribution in [0.15, 0.2) is 48.7 Å². The third kappa shape index (κ3) is 2.75. The number of carbonyl (C=O) groups excluding carboxylic acids is 1. The summed E-state index contributed by atoms with van der Waals surface area (Å²) in [4.78, 5) is 16.0. The highest BCUT2D eigenvalue weighted by atomic mass is 16.1. The van der Waals surface area contributed by atoms with Crippen LogP contribution in [0.3, 0.4) is 0 Å². The summed E-state index contributed by atoms with van der Waals surface area (Å²) in [6, 6.07) is 14.1. The van der Waals surface area contributed by atoms with Crippen LogP contribution < -0.4 is 10.6 Å². The Morgan fingerprint density at radius 2 is 2.13 bits per heavy atom. The van der Waals surface area contributed by atoms with Gasteiger partial charge in [0.1, 0.15) is 5.82 Å². The number of carbonyl (C=O) groups is 1. The number of aromatic nitrogens is 3. The Morgan fingerprint density at radius 3 is 2.91 bits per heavy atom. The van der Waals surface area contributed by atoms with Crippen molar-refractivity contribution in [3.63, 3.8) is 0 Å². The van der Waals surface area contributed by atoms with E-state index in [0.29, 0.717) is 13.0 Å². The molecule has 1 aromatic carbocycles. The first-order valence-corrected chi connectivity index (χ1v) is 7.73. The van der Waals surface area contributed by atoms with Crippen molar-refractivity contribution in [2.45, 2.75) is 18.9 Å². The molecule has 6 heteroatoms. The minimum Gasteiger partial charge on any atom is -0.368 e. The molecular weight excluding hydrogens is 290 g/mol. The molecule has 116 valence electrons. The SMILES string of the molecule is O=C1CC[C@@H](CNc2cc(-c3ccccc3)nc3ccnn23)N1. The van der Waals surface area contributed by atoms with Crippen molar-refractivity contribution in [1.82, 2.24) is 19.9 Å². The van der Waals surface area contributed by atoms with Crippen molar-refractivity contribution >= 4 is 17.4 Å². The Hall–Kier alpha value is -2.89. The van der Waals surface area contributed by atoms with E-state index in [9.17, 15) is 4.79 Å². The molecule has 23 heavy (non-hydrogen) atoms. The maximum Gasteiger partial charge on any atom is 0.220 e. The number of anilines is 1. The van der Waals surface area contributed by atoms with Crippen LogP contribution in [0.2, 0.25) is 0 Å². The van der Waals surface area contributed by atoms with Gasteiger partial charge in [-0.2, -0.15) is 9.61 Å². The average Bonchev–Trinajstić information content (AvgIpc) is 3.22. The van der Waals surface area contributed by atoms with Crippen LogP contribution in [0.25, 0.3) is 16.9 Å². The number of hydrogen-bond donors (Lipinski definition) is 2. The van der Waals surface area contributed by atoms with Crippen molar-refractivity contribution < 1.29 is 4.79 Å². The summed E-state index contributed by atoms with van der Waals surface area (Å²) in [5, 5.41) is 10.7. The Balaban J connectivity index is 1.65. The van der Waals surface area contributed by atoms with Gasteiger partial charge in [-0.1, -0.05) is 30.3 Å². The fourth-order valence-electron chi connectivity index (χ4n) is 2.85. The van der Waals surface area contributed by atoms with E-state index in [-0.39, 0.29) is 11.9 Å². The second-order valence-corrected chi connectivity index (χ2v) is 5.68. The predicted octanol–water partition coefficient (Wildman–Crippen LogP) is 2.09. The first kappa shape index (κ1) is 13.8. The number of fused-ring (bicyclic) bond motifs is 1. The smallest absolute Gasteiger partial charge is 0.220 e. The van der Waals surface area contributed by atoms with Crippen LogP contribution in [-0.2, 0) is 4.79 Å². The van der Waals surface area contributed by atoms with Gasteiger partial charge in [-0.25, -0.2) is 4.98 Å². The lowest BCUT2D eigenvalue weighted by atomic mass is 10.1. The van der Waals surface area contributed by atoms with E-state index in [4.69, 9.17) is 0 Å². The molecule has 1 amide bonds. The monoisotopic (exact) mass is 307 g/mol. The molecule has 1 aliphatic rings.